The number of rotatable bonds is 8. The number of methoxy groups -OCH3 is 1. The van der Waals surface area contributed by atoms with Crippen LogP contribution in [0.4, 0.5) is 11.9 Å². The second-order valence-electron chi connectivity index (χ2n) is 4.67. The van der Waals surface area contributed by atoms with Gasteiger partial charge in [-0.2, -0.15) is 20.1 Å². The van der Waals surface area contributed by atoms with E-state index in [1.807, 2.05) is 23.9 Å². The summed E-state index contributed by atoms with van der Waals surface area (Å²) in [6.45, 7) is 5.64. The molecule has 0 aliphatic carbocycles. The van der Waals surface area contributed by atoms with Crippen LogP contribution in [-0.4, -0.2) is 44.4 Å². The average molecular weight is 291 g/mol. The Balaban J connectivity index is 2.03. The monoisotopic (exact) mass is 291 g/mol. The maximum Gasteiger partial charge on any atom is 0.322 e. The van der Waals surface area contributed by atoms with Crippen LogP contribution in [0, 0.1) is 0 Å². The summed E-state index contributed by atoms with van der Waals surface area (Å²) < 4.78 is 6.96. The second-order valence-corrected chi connectivity index (χ2v) is 4.67. The van der Waals surface area contributed by atoms with Crippen molar-refractivity contribution in [3.8, 4) is 6.01 Å². The van der Waals surface area contributed by atoms with Gasteiger partial charge in [-0.05, 0) is 19.4 Å². The van der Waals surface area contributed by atoms with Crippen LogP contribution in [0.25, 0.3) is 0 Å². The quantitative estimate of drug-likeness (QED) is 0.759. The highest BCUT2D eigenvalue weighted by Gasteiger charge is 2.10. The largest absolute Gasteiger partial charge is 0.467 e. The number of aromatic nitrogens is 5. The third-order valence-electron chi connectivity index (χ3n) is 2.73. The molecule has 0 amide bonds. The van der Waals surface area contributed by atoms with E-state index >= 15 is 0 Å². The van der Waals surface area contributed by atoms with Crippen molar-refractivity contribution in [2.75, 3.05) is 24.3 Å². The fourth-order valence-corrected chi connectivity index (χ4v) is 1.78. The van der Waals surface area contributed by atoms with Crippen molar-refractivity contribution in [3.05, 3.63) is 18.5 Å². The third-order valence-corrected chi connectivity index (χ3v) is 2.73. The van der Waals surface area contributed by atoms with Crippen LogP contribution in [0.3, 0.4) is 0 Å². The molecule has 21 heavy (non-hydrogen) atoms. The summed E-state index contributed by atoms with van der Waals surface area (Å²) in [6, 6.07) is 2.30. The number of anilines is 2. The fraction of sp³-hybridized carbons (Fsp3) is 0.538. The lowest BCUT2D eigenvalue weighted by molar-refractivity contribution is 0.379. The molecule has 2 heterocycles. The molecule has 0 spiro atoms. The van der Waals surface area contributed by atoms with E-state index in [2.05, 4.69) is 37.6 Å². The minimum Gasteiger partial charge on any atom is -0.467 e. The molecular formula is C13H21N7O. The molecular weight excluding hydrogens is 270 g/mol. The summed E-state index contributed by atoms with van der Waals surface area (Å²) in [4.78, 5) is 12.7. The predicted molar refractivity (Wildman–Crippen MR) is 80.5 cm³/mol. The minimum atomic E-state index is 0.121. The number of nitrogens with one attached hydrogen (secondary N) is 2. The van der Waals surface area contributed by atoms with E-state index in [1.165, 1.54) is 7.11 Å². The Kier molecular flexibility index (Phi) is 5.30. The summed E-state index contributed by atoms with van der Waals surface area (Å²) in [7, 11) is 1.54. The van der Waals surface area contributed by atoms with E-state index in [0.29, 0.717) is 11.9 Å². The number of nitrogens with zero attached hydrogens (tertiary/aromatic N) is 5. The fourth-order valence-electron chi connectivity index (χ4n) is 1.78. The molecule has 0 aliphatic rings. The molecule has 1 unspecified atom stereocenters. The lowest BCUT2D eigenvalue weighted by atomic mass is 10.3. The first-order valence-corrected chi connectivity index (χ1v) is 6.99. The smallest absolute Gasteiger partial charge is 0.322 e. The molecule has 2 rings (SSSR count). The SMILES string of the molecule is CCCNc1nc(NC(C)Cn2cccn2)nc(OC)n1. The molecule has 0 aliphatic heterocycles. The van der Waals surface area contributed by atoms with E-state index < -0.39 is 0 Å². The van der Waals surface area contributed by atoms with Crippen LogP contribution in [-0.2, 0) is 6.54 Å². The Labute approximate surface area is 124 Å². The van der Waals surface area contributed by atoms with Gasteiger partial charge >= 0.3 is 6.01 Å². The van der Waals surface area contributed by atoms with Crippen LogP contribution < -0.4 is 15.4 Å². The van der Waals surface area contributed by atoms with Crippen molar-refractivity contribution in [1.82, 2.24) is 24.7 Å². The van der Waals surface area contributed by atoms with Crippen molar-refractivity contribution in [3.63, 3.8) is 0 Å². The second kappa shape index (κ2) is 7.41. The molecule has 114 valence electrons. The van der Waals surface area contributed by atoms with Gasteiger partial charge in [0.25, 0.3) is 0 Å². The van der Waals surface area contributed by atoms with Crippen LogP contribution >= 0.6 is 0 Å². The van der Waals surface area contributed by atoms with Crippen LogP contribution in [0.2, 0.25) is 0 Å². The van der Waals surface area contributed by atoms with Crippen molar-refractivity contribution < 1.29 is 4.74 Å². The standard InChI is InChI=1S/C13H21N7O/c1-4-6-14-11-17-12(19-13(18-11)21-3)16-10(2)9-20-8-5-7-15-20/h5,7-8,10H,4,6,9H2,1-3H3,(H2,14,16,17,18,19). The normalized spacial score (nSPS) is 12.0. The molecule has 2 aromatic heterocycles. The zero-order valence-corrected chi connectivity index (χ0v) is 12.6. The molecule has 0 bridgehead atoms. The highest BCUT2D eigenvalue weighted by molar-refractivity contribution is 5.36. The zero-order chi connectivity index (χ0) is 15.1. The first-order chi connectivity index (χ1) is 10.2. The van der Waals surface area contributed by atoms with Gasteiger partial charge in [-0.25, -0.2) is 0 Å². The van der Waals surface area contributed by atoms with Gasteiger partial charge in [0, 0.05) is 25.0 Å². The molecule has 0 fully saturated rings. The highest BCUT2D eigenvalue weighted by Crippen LogP contribution is 2.12. The van der Waals surface area contributed by atoms with Gasteiger partial charge in [-0.15, -0.1) is 0 Å². The van der Waals surface area contributed by atoms with Gasteiger partial charge in [-0.3, -0.25) is 4.68 Å². The van der Waals surface area contributed by atoms with E-state index in [4.69, 9.17) is 4.74 Å². The Morgan fingerprint density at radius 3 is 2.76 bits per heavy atom. The van der Waals surface area contributed by atoms with Crippen molar-refractivity contribution >= 4 is 11.9 Å². The van der Waals surface area contributed by atoms with E-state index in [1.54, 1.807) is 6.20 Å². The zero-order valence-electron chi connectivity index (χ0n) is 12.6. The molecule has 2 N–H and O–H groups in total. The highest BCUT2D eigenvalue weighted by atomic mass is 16.5. The molecule has 0 aromatic carbocycles. The van der Waals surface area contributed by atoms with Crippen LogP contribution in [0.1, 0.15) is 20.3 Å². The summed E-state index contributed by atoms with van der Waals surface area (Å²) in [5.41, 5.74) is 0. The van der Waals surface area contributed by atoms with E-state index in [9.17, 15) is 0 Å². The third kappa shape index (κ3) is 4.59. The minimum absolute atomic E-state index is 0.121. The maximum absolute atomic E-state index is 5.10. The number of hydrogen-bond acceptors (Lipinski definition) is 7. The van der Waals surface area contributed by atoms with Gasteiger partial charge in [0.2, 0.25) is 11.9 Å². The molecule has 0 radical (unpaired) electrons. The number of hydrogen-bond donors (Lipinski definition) is 2. The Morgan fingerprint density at radius 2 is 2.10 bits per heavy atom. The molecule has 1 atom stereocenters. The Morgan fingerprint density at radius 1 is 1.29 bits per heavy atom. The first kappa shape index (κ1) is 15.0. The molecule has 8 heteroatoms. The molecule has 0 saturated carbocycles. The van der Waals surface area contributed by atoms with Gasteiger partial charge in [-0.1, -0.05) is 6.92 Å². The predicted octanol–water partition coefficient (Wildman–Crippen LogP) is 1.40. The Hall–Kier alpha value is -2.38. The topological polar surface area (TPSA) is 89.8 Å². The summed E-state index contributed by atoms with van der Waals surface area (Å²) >= 11 is 0. The maximum atomic E-state index is 5.10. The lowest BCUT2D eigenvalue weighted by Crippen LogP contribution is -2.24. The van der Waals surface area contributed by atoms with Crippen LogP contribution in [0.15, 0.2) is 18.5 Å². The van der Waals surface area contributed by atoms with Gasteiger partial charge in [0.15, 0.2) is 0 Å². The lowest BCUT2D eigenvalue weighted by Gasteiger charge is -2.15. The van der Waals surface area contributed by atoms with Crippen molar-refractivity contribution in [2.24, 2.45) is 0 Å². The van der Waals surface area contributed by atoms with Crippen molar-refractivity contribution in [1.29, 1.82) is 0 Å². The van der Waals surface area contributed by atoms with Crippen LogP contribution in [0.5, 0.6) is 6.01 Å². The molecule has 8 nitrogen and oxygen atoms in total. The summed E-state index contributed by atoms with van der Waals surface area (Å²) in [5.74, 6) is 0.998. The van der Waals surface area contributed by atoms with E-state index in [-0.39, 0.29) is 12.1 Å². The van der Waals surface area contributed by atoms with Gasteiger partial charge in [0.1, 0.15) is 0 Å². The van der Waals surface area contributed by atoms with Gasteiger partial charge in [0.05, 0.1) is 13.7 Å². The van der Waals surface area contributed by atoms with Gasteiger partial charge < -0.3 is 15.4 Å². The molecule has 0 saturated heterocycles. The summed E-state index contributed by atoms with van der Waals surface area (Å²) in [6.07, 6.45) is 4.67. The first-order valence-electron chi connectivity index (χ1n) is 6.99. The van der Waals surface area contributed by atoms with E-state index in [0.717, 1.165) is 19.5 Å². The summed E-state index contributed by atoms with van der Waals surface area (Å²) in [5, 5.41) is 10.5. The number of ether oxygens (including phenoxy) is 1. The average Bonchev–Trinajstić information content (AvgIpc) is 2.97. The Bertz CT molecular complexity index is 543. The molecule has 2 aromatic rings. The van der Waals surface area contributed by atoms with Crippen molar-refractivity contribution in [2.45, 2.75) is 32.9 Å².